The van der Waals surface area contributed by atoms with E-state index in [4.69, 9.17) is 21.1 Å². The predicted molar refractivity (Wildman–Crippen MR) is 123 cm³/mol. The number of nitrogens with zero attached hydrogens (tertiary/aromatic N) is 4. The summed E-state index contributed by atoms with van der Waals surface area (Å²) in [6.07, 6.45) is 1.42. The minimum absolute atomic E-state index is 0.0738. The highest BCUT2D eigenvalue weighted by atomic mass is 35.5. The monoisotopic (exact) mass is 470 g/mol. The predicted octanol–water partition coefficient (Wildman–Crippen LogP) is 4.05. The van der Waals surface area contributed by atoms with Gasteiger partial charge in [-0.15, -0.1) is 10.2 Å². The van der Waals surface area contributed by atoms with E-state index in [2.05, 4.69) is 10.2 Å². The number of aromatic nitrogens is 3. The smallest absolute Gasteiger partial charge is 0.233 e. The number of carbonyl (C=O) groups is 1. The summed E-state index contributed by atoms with van der Waals surface area (Å²) < 4.78 is 13.5. The number of halogens is 1. The summed E-state index contributed by atoms with van der Waals surface area (Å²) in [5.74, 6) is 0.514. The molecule has 0 bridgehead atoms. The third-order valence-corrected chi connectivity index (χ3v) is 7.02. The van der Waals surface area contributed by atoms with Gasteiger partial charge in [-0.05, 0) is 24.3 Å². The van der Waals surface area contributed by atoms with Gasteiger partial charge >= 0.3 is 0 Å². The number of piperidine rings is 1. The quantitative estimate of drug-likeness (QED) is 0.524. The van der Waals surface area contributed by atoms with E-state index < -0.39 is 5.79 Å². The van der Waals surface area contributed by atoms with E-state index in [1.54, 1.807) is 0 Å². The number of rotatable bonds is 5. The third kappa shape index (κ3) is 4.28. The molecule has 1 spiro atoms. The molecule has 0 N–H and O–H groups in total. The van der Waals surface area contributed by atoms with Crippen LogP contribution in [0.5, 0.6) is 0 Å². The minimum Gasteiger partial charge on any atom is -0.347 e. The molecule has 2 fully saturated rings. The Kier molecular flexibility index (Phi) is 6.19. The van der Waals surface area contributed by atoms with Crippen molar-refractivity contribution in [1.82, 2.24) is 19.7 Å². The largest absolute Gasteiger partial charge is 0.347 e. The highest BCUT2D eigenvalue weighted by Crippen LogP contribution is 2.33. The van der Waals surface area contributed by atoms with Crippen LogP contribution in [0.4, 0.5) is 0 Å². The summed E-state index contributed by atoms with van der Waals surface area (Å²) in [5.41, 5.74) is 1.71. The van der Waals surface area contributed by atoms with Crippen molar-refractivity contribution in [1.29, 1.82) is 0 Å². The van der Waals surface area contributed by atoms with Crippen LogP contribution in [0.2, 0.25) is 5.02 Å². The van der Waals surface area contributed by atoms with Gasteiger partial charge in [0.05, 0.1) is 24.0 Å². The van der Waals surface area contributed by atoms with Crippen molar-refractivity contribution < 1.29 is 14.3 Å². The number of carbonyl (C=O) groups excluding carboxylic acids is 1. The van der Waals surface area contributed by atoms with Gasteiger partial charge in [0, 0.05) is 37.2 Å². The Labute approximate surface area is 195 Å². The van der Waals surface area contributed by atoms with Gasteiger partial charge in [-0.1, -0.05) is 53.7 Å². The Bertz CT molecular complexity index is 1090. The van der Waals surface area contributed by atoms with E-state index in [1.165, 1.54) is 11.8 Å². The first-order chi connectivity index (χ1) is 15.7. The average Bonchev–Trinajstić information content (AvgIpc) is 3.46. The average molecular weight is 471 g/mol. The molecule has 2 aromatic carbocycles. The van der Waals surface area contributed by atoms with Crippen LogP contribution in [-0.2, 0) is 14.3 Å². The van der Waals surface area contributed by atoms with Gasteiger partial charge in [-0.2, -0.15) is 0 Å². The van der Waals surface area contributed by atoms with E-state index in [-0.39, 0.29) is 11.7 Å². The maximum absolute atomic E-state index is 12.9. The van der Waals surface area contributed by atoms with Crippen LogP contribution >= 0.6 is 23.4 Å². The van der Waals surface area contributed by atoms with Crippen molar-refractivity contribution in [3.05, 3.63) is 59.6 Å². The van der Waals surface area contributed by atoms with Gasteiger partial charge in [-0.25, -0.2) is 0 Å². The summed E-state index contributed by atoms with van der Waals surface area (Å²) in [7, 11) is 0. The number of thioether (sulfide) groups is 1. The molecule has 2 aliphatic heterocycles. The Morgan fingerprint density at radius 2 is 1.69 bits per heavy atom. The van der Waals surface area contributed by atoms with Crippen molar-refractivity contribution in [2.24, 2.45) is 0 Å². The number of amides is 1. The maximum atomic E-state index is 12.9. The molecule has 3 aromatic rings. The van der Waals surface area contributed by atoms with Gasteiger partial charge in [0.15, 0.2) is 16.8 Å². The second-order valence-corrected chi connectivity index (χ2v) is 9.08. The summed E-state index contributed by atoms with van der Waals surface area (Å²) in [6.45, 7) is 2.53. The Morgan fingerprint density at radius 3 is 2.41 bits per heavy atom. The zero-order chi connectivity index (χ0) is 22.0. The van der Waals surface area contributed by atoms with E-state index in [0.717, 1.165) is 11.3 Å². The standard InChI is InChI=1S/C23H23ClN4O3S/c24-19-9-5-4-8-18(19)21-25-26-22(28(21)17-6-2-1-3-7-17)32-16-20(29)27-12-10-23(11-13-27)30-14-15-31-23/h1-9H,10-16H2. The molecule has 0 unspecified atom stereocenters. The number of hydrogen-bond acceptors (Lipinski definition) is 6. The lowest BCUT2D eigenvalue weighted by atomic mass is 10.0. The van der Waals surface area contributed by atoms with Crippen LogP contribution in [0.25, 0.3) is 17.1 Å². The number of hydrogen-bond donors (Lipinski definition) is 0. The number of benzene rings is 2. The molecule has 7 nitrogen and oxygen atoms in total. The summed E-state index contributed by atoms with van der Waals surface area (Å²) in [5, 5.41) is 10.1. The number of ether oxygens (including phenoxy) is 2. The molecule has 1 aromatic heterocycles. The van der Waals surface area contributed by atoms with Gasteiger partial charge in [-0.3, -0.25) is 9.36 Å². The fourth-order valence-electron chi connectivity index (χ4n) is 4.09. The first-order valence-electron chi connectivity index (χ1n) is 10.6. The fourth-order valence-corrected chi connectivity index (χ4v) is 5.17. The fraction of sp³-hybridized carbons (Fsp3) is 0.348. The molecule has 0 saturated carbocycles. The van der Waals surface area contributed by atoms with E-state index in [9.17, 15) is 4.79 Å². The van der Waals surface area contributed by atoms with Crippen molar-refractivity contribution in [2.45, 2.75) is 23.8 Å². The van der Waals surface area contributed by atoms with Gasteiger partial charge in [0.1, 0.15) is 0 Å². The molecule has 0 aliphatic carbocycles. The molecule has 9 heteroatoms. The molecule has 2 aliphatic rings. The zero-order valence-electron chi connectivity index (χ0n) is 17.4. The Hall–Kier alpha value is -2.39. The molecule has 166 valence electrons. The molecule has 3 heterocycles. The van der Waals surface area contributed by atoms with Crippen molar-refractivity contribution in [3.63, 3.8) is 0 Å². The van der Waals surface area contributed by atoms with E-state index in [0.29, 0.717) is 55.1 Å². The van der Waals surface area contributed by atoms with Crippen LogP contribution in [0.1, 0.15) is 12.8 Å². The molecule has 0 atom stereocenters. The van der Waals surface area contributed by atoms with Crippen molar-refractivity contribution in [3.8, 4) is 17.1 Å². The summed E-state index contributed by atoms with van der Waals surface area (Å²) in [6, 6.07) is 17.4. The molecule has 2 saturated heterocycles. The molecule has 5 rings (SSSR count). The Balaban J connectivity index is 1.34. The Morgan fingerprint density at radius 1 is 1.00 bits per heavy atom. The first-order valence-corrected chi connectivity index (χ1v) is 12.0. The van der Waals surface area contributed by atoms with E-state index in [1.807, 2.05) is 64.1 Å². The number of likely N-dealkylation sites (tertiary alicyclic amines) is 1. The molecule has 32 heavy (non-hydrogen) atoms. The highest BCUT2D eigenvalue weighted by molar-refractivity contribution is 7.99. The van der Waals surface area contributed by atoms with Crippen molar-refractivity contribution >= 4 is 29.3 Å². The topological polar surface area (TPSA) is 69.5 Å². The van der Waals surface area contributed by atoms with Gasteiger partial charge in [0.25, 0.3) is 0 Å². The van der Waals surface area contributed by atoms with Crippen LogP contribution in [0, 0.1) is 0 Å². The highest BCUT2D eigenvalue weighted by Gasteiger charge is 2.40. The lowest BCUT2D eigenvalue weighted by molar-refractivity contribution is -0.186. The molecular weight excluding hydrogens is 448 g/mol. The summed E-state index contributed by atoms with van der Waals surface area (Å²) in [4.78, 5) is 14.8. The normalized spacial score (nSPS) is 17.7. The number of para-hydroxylation sites is 1. The van der Waals surface area contributed by atoms with E-state index >= 15 is 0 Å². The van der Waals surface area contributed by atoms with Crippen LogP contribution in [0.15, 0.2) is 59.8 Å². The third-order valence-electron chi connectivity index (χ3n) is 5.78. The summed E-state index contributed by atoms with van der Waals surface area (Å²) >= 11 is 7.82. The lowest BCUT2D eigenvalue weighted by Crippen LogP contribution is -2.47. The molecule has 1 amide bonds. The van der Waals surface area contributed by atoms with Gasteiger partial charge < -0.3 is 14.4 Å². The molecular formula is C23H23ClN4O3S. The zero-order valence-corrected chi connectivity index (χ0v) is 19.0. The maximum Gasteiger partial charge on any atom is 0.233 e. The minimum atomic E-state index is -0.485. The SMILES string of the molecule is O=C(CSc1nnc(-c2ccccc2Cl)n1-c1ccccc1)N1CCC2(CC1)OCCO2. The van der Waals surface area contributed by atoms with Crippen LogP contribution in [0.3, 0.4) is 0 Å². The second kappa shape index (κ2) is 9.23. The first kappa shape index (κ1) is 21.5. The van der Waals surface area contributed by atoms with Gasteiger partial charge in [0.2, 0.25) is 5.91 Å². The van der Waals surface area contributed by atoms with Crippen LogP contribution in [-0.4, -0.2) is 63.4 Å². The van der Waals surface area contributed by atoms with Crippen LogP contribution < -0.4 is 0 Å². The second-order valence-electron chi connectivity index (χ2n) is 7.73. The van der Waals surface area contributed by atoms with Crippen molar-refractivity contribution in [2.75, 3.05) is 32.1 Å². The lowest BCUT2D eigenvalue weighted by Gasteiger charge is -2.37. The molecule has 0 radical (unpaired) electrons.